The van der Waals surface area contributed by atoms with Crippen molar-refractivity contribution in [3.63, 3.8) is 0 Å². The quantitative estimate of drug-likeness (QED) is 0.607. The Bertz CT molecular complexity index is 1030. The molecule has 156 valence electrons. The van der Waals surface area contributed by atoms with E-state index in [1.165, 1.54) is 25.3 Å². The zero-order valence-corrected chi connectivity index (χ0v) is 16.8. The third-order valence-electron chi connectivity index (χ3n) is 6.97. The van der Waals surface area contributed by atoms with Gasteiger partial charge in [-0.1, -0.05) is 6.08 Å². The predicted octanol–water partition coefficient (Wildman–Crippen LogP) is 6.14. The van der Waals surface area contributed by atoms with Crippen molar-refractivity contribution in [1.82, 2.24) is 4.98 Å². The summed E-state index contributed by atoms with van der Waals surface area (Å²) < 4.78 is 43.8. The molecule has 1 heterocycles. The Balaban J connectivity index is 1.41. The number of aromatic nitrogens is 1. The van der Waals surface area contributed by atoms with E-state index in [1.807, 2.05) is 26.0 Å². The van der Waals surface area contributed by atoms with Crippen molar-refractivity contribution in [3.05, 3.63) is 58.8 Å². The second kappa shape index (κ2) is 6.69. The van der Waals surface area contributed by atoms with E-state index in [1.54, 1.807) is 0 Å². The molecule has 6 heteroatoms. The highest BCUT2D eigenvalue weighted by Crippen LogP contribution is 2.58. The summed E-state index contributed by atoms with van der Waals surface area (Å²) in [6, 6.07) is 5.80. The molecule has 0 aliphatic heterocycles. The Morgan fingerprint density at radius 2 is 1.77 bits per heavy atom. The summed E-state index contributed by atoms with van der Waals surface area (Å²) in [7, 11) is 0. The number of ether oxygens (including phenoxy) is 1. The van der Waals surface area contributed by atoms with Crippen molar-refractivity contribution < 1.29 is 22.7 Å². The maximum absolute atomic E-state index is 13.2. The van der Waals surface area contributed by atoms with Gasteiger partial charge in [-0.15, -0.1) is 0 Å². The van der Waals surface area contributed by atoms with Gasteiger partial charge < -0.3 is 4.74 Å². The van der Waals surface area contributed by atoms with Gasteiger partial charge in [-0.3, -0.25) is 4.79 Å². The predicted molar refractivity (Wildman–Crippen MR) is 106 cm³/mol. The number of ketones is 1. The van der Waals surface area contributed by atoms with Gasteiger partial charge in [-0.05, 0) is 85.8 Å². The number of halogens is 3. The van der Waals surface area contributed by atoms with Gasteiger partial charge in [0.05, 0.1) is 5.56 Å². The fraction of sp³-hybridized carbons (Fsp3) is 0.417. The van der Waals surface area contributed by atoms with E-state index < -0.39 is 11.7 Å². The number of Topliss-reactive ketones (excluding diaryl/α,β-unsaturated/α-hetero) is 1. The number of nitrogens with zero attached hydrogens (tertiary/aromatic N) is 1. The SMILES string of the molecule is Cc1cc(Oc2ccc(C(F)(F)F)cn2)cc(C)c1C1=C[C@H]2[C@H]3CC[C@H](C3)[C@H]2C1=O. The average molecular weight is 413 g/mol. The summed E-state index contributed by atoms with van der Waals surface area (Å²) in [6.07, 6.45) is 2.12. The molecule has 0 saturated heterocycles. The van der Waals surface area contributed by atoms with Gasteiger partial charge in [0.1, 0.15) is 5.75 Å². The summed E-state index contributed by atoms with van der Waals surface area (Å²) in [4.78, 5) is 16.9. The van der Waals surface area contributed by atoms with Crippen LogP contribution in [0.4, 0.5) is 13.2 Å². The maximum atomic E-state index is 13.2. The van der Waals surface area contributed by atoms with Crippen LogP contribution in [0, 0.1) is 37.5 Å². The highest BCUT2D eigenvalue weighted by Gasteiger charge is 2.53. The first-order valence-electron chi connectivity index (χ1n) is 10.3. The van der Waals surface area contributed by atoms with Crippen molar-refractivity contribution in [1.29, 1.82) is 0 Å². The zero-order valence-electron chi connectivity index (χ0n) is 16.8. The molecule has 0 spiro atoms. The van der Waals surface area contributed by atoms with Gasteiger partial charge in [0, 0.05) is 23.8 Å². The first-order chi connectivity index (χ1) is 14.2. The van der Waals surface area contributed by atoms with Gasteiger partial charge in [0.2, 0.25) is 5.88 Å². The average Bonchev–Trinajstić information content (AvgIpc) is 3.35. The summed E-state index contributed by atoms with van der Waals surface area (Å²) in [5.74, 6) is 2.59. The Kier molecular flexibility index (Phi) is 4.31. The second-order valence-corrected chi connectivity index (χ2v) is 8.80. The van der Waals surface area contributed by atoms with Crippen LogP contribution in [-0.4, -0.2) is 10.8 Å². The largest absolute Gasteiger partial charge is 0.439 e. The number of fused-ring (bicyclic) bond motifs is 5. The van der Waals surface area contributed by atoms with Gasteiger partial charge in [0.25, 0.3) is 0 Å². The number of rotatable bonds is 3. The Labute approximate surface area is 173 Å². The van der Waals surface area contributed by atoms with Crippen molar-refractivity contribution in [2.45, 2.75) is 39.3 Å². The molecule has 30 heavy (non-hydrogen) atoms. The molecule has 3 nitrogen and oxygen atoms in total. The first-order valence-corrected chi connectivity index (χ1v) is 10.3. The number of aryl methyl sites for hydroxylation is 2. The molecule has 3 aliphatic rings. The number of carbonyl (C=O) groups excluding carboxylic acids is 1. The van der Waals surface area contributed by atoms with E-state index >= 15 is 0 Å². The summed E-state index contributed by atoms with van der Waals surface area (Å²) in [5.41, 5.74) is 2.81. The minimum Gasteiger partial charge on any atom is -0.439 e. The van der Waals surface area contributed by atoms with Crippen LogP contribution in [0.3, 0.4) is 0 Å². The van der Waals surface area contributed by atoms with E-state index in [0.717, 1.165) is 34.5 Å². The minimum absolute atomic E-state index is 0.0943. The lowest BCUT2D eigenvalue weighted by Crippen LogP contribution is -2.23. The number of hydrogen-bond acceptors (Lipinski definition) is 3. The lowest BCUT2D eigenvalue weighted by atomic mass is 9.80. The number of alkyl halides is 3. The van der Waals surface area contributed by atoms with Crippen LogP contribution >= 0.6 is 0 Å². The van der Waals surface area contributed by atoms with Gasteiger partial charge in [-0.25, -0.2) is 4.98 Å². The van der Waals surface area contributed by atoms with Gasteiger partial charge in [-0.2, -0.15) is 13.2 Å². The number of hydrogen-bond donors (Lipinski definition) is 0. The first kappa shape index (κ1) is 19.3. The van der Waals surface area contributed by atoms with Gasteiger partial charge in [0.15, 0.2) is 5.78 Å². The summed E-state index contributed by atoms with van der Waals surface area (Å²) >= 11 is 0. The molecule has 0 amide bonds. The molecular formula is C24H22F3NO2. The van der Waals surface area contributed by atoms with Crippen LogP contribution in [0.25, 0.3) is 5.57 Å². The Morgan fingerprint density at radius 3 is 2.37 bits per heavy atom. The monoisotopic (exact) mass is 413 g/mol. The molecule has 2 bridgehead atoms. The van der Waals surface area contributed by atoms with Crippen LogP contribution in [0.15, 0.2) is 36.5 Å². The van der Waals surface area contributed by atoms with Crippen molar-refractivity contribution in [2.24, 2.45) is 23.7 Å². The summed E-state index contributed by atoms with van der Waals surface area (Å²) in [6.45, 7) is 3.87. The Morgan fingerprint density at radius 1 is 1.07 bits per heavy atom. The molecule has 1 aromatic heterocycles. The molecule has 3 aliphatic carbocycles. The third-order valence-corrected chi connectivity index (χ3v) is 6.97. The molecule has 4 atom stereocenters. The molecule has 0 unspecified atom stereocenters. The molecule has 2 fully saturated rings. The highest BCUT2D eigenvalue weighted by atomic mass is 19.4. The fourth-order valence-electron chi connectivity index (χ4n) is 5.76. The van der Waals surface area contributed by atoms with E-state index in [9.17, 15) is 18.0 Å². The number of pyridine rings is 1. The second-order valence-electron chi connectivity index (χ2n) is 8.80. The lowest BCUT2D eigenvalue weighted by Gasteiger charge is -2.22. The topological polar surface area (TPSA) is 39.2 Å². The van der Waals surface area contributed by atoms with Crippen molar-refractivity contribution in [3.8, 4) is 11.6 Å². The number of benzene rings is 1. The highest BCUT2D eigenvalue weighted by molar-refractivity contribution is 6.25. The lowest BCUT2D eigenvalue weighted by molar-refractivity contribution is -0.137. The molecule has 5 rings (SSSR count). The van der Waals surface area contributed by atoms with Gasteiger partial charge >= 0.3 is 6.18 Å². The Hall–Kier alpha value is -2.63. The molecule has 0 radical (unpaired) electrons. The molecule has 2 saturated carbocycles. The molecule has 2 aromatic rings. The van der Waals surface area contributed by atoms with Crippen LogP contribution in [0.1, 0.15) is 41.5 Å². The molecular weight excluding hydrogens is 391 g/mol. The maximum Gasteiger partial charge on any atom is 0.417 e. The summed E-state index contributed by atoms with van der Waals surface area (Å²) in [5, 5.41) is 0. The van der Waals surface area contributed by atoms with Crippen LogP contribution in [0.2, 0.25) is 0 Å². The minimum atomic E-state index is -4.43. The van der Waals surface area contributed by atoms with Crippen LogP contribution in [-0.2, 0) is 11.0 Å². The van der Waals surface area contributed by atoms with E-state index in [2.05, 4.69) is 11.1 Å². The molecule has 0 N–H and O–H groups in total. The third kappa shape index (κ3) is 3.04. The zero-order chi connectivity index (χ0) is 21.2. The number of allylic oxidation sites excluding steroid dienone is 2. The van der Waals surface area contributed by atoms with Crippen LogP contribution in [0.5, 0.6) is 11.6 Å². The number of carbonyl (C=O) groups is 1. The molecule has 1 aromatic carbocycles. The smallest absolute Gasteiger partial charge is 0.417 e. The van der Waals surface area contributed by atoms with E-state index in [4.69, 9.17) is 4.74 Å². The van der Waals surface area contributed by atoms with Crippen molar-refractivity contribution >= 4 is 11.4 Å². The fourth-order valence-corrected chi connectivity index (χ4v) is 5.76. The van der Waals surface area contributed by atoms with Crippen molar-refractivity contribution in [2.75, 3.05) is 0 Å². The normalized spacial score (nSPS) is 27.4. The van der Waals surface area contributed by atoms with E-state index in [0.29, 0.717) is 23.5 Å². The standard InChI is InChI=1S/C24H22F3NO2/c1-12-7-17(30-20-6-5-16(11-28-20)24(25,26)27)8-13(2)21(12)19-10-18-14-3-4-15(9-14)22(18)23(19)29/h5-8,10-11,14-15,18,22H,3-4,9H2,1-2H3/t14-,15+,18-,22+/m0/s1. The van der Waals surface area contributed by atoms with Crippen LogP contribution < -0.4 is 4.74 Å². The van der Waals surface area contributed by atoms with E-state index in [-0.39, 0.29) is 17.6 Å².